The maximum Gasteiger partial charge on any atom is 0.321 e. The minimum atomic E-state index is -1.23. The summed E-state index contributed by atoms with van der Waals surface area (Å²) in [5.41, 5.74) is -1.23. The molecule has 0 aliphatic carbocycles. The Morgan fingerprint density at radius 1 is 1.40 bits per heavy atom. The minimum absolute atomic E-state index is 0.0669. The Bertz CT molecular complexity index is 423. The van der Waals surface area contributed by atoms with Crippen LogP contribution in [0.3, 0.4) is 0 Å². The summed E-state index contributed by atoms with van der Waals surface area (Å²) in [6, 6.07) is -0.912. The van der Waals surface area contributed by atoms with Gasteiger partial charge in [0.2, 0.25) is 11.8 Å². The number of rotatable bonds is 4. The molecule has 0 aromatic heterocycles. The number of piperidine rings is 1. The highest BCUT2D eigenvalue weighted by Gasteiger charge is 2.31. The number of carboxylic acid groups (broad SMARTS) is 1. The van der Waals surface area contributed by atoms with Crippen molar-refractivity contribution < 1.29 is 24.3 Å². The first-order chi connectivity index (χ1) is 9.20. The Kier molecular flexibility index (Phi) is 5.06. The Morgan fingerprint density at radius 3 is 2.55 bits per heavy atom. The van der Waals surface area contributed by atoms with Gasteiger partial charge in [-0.2, -0.15) is 0 Å². The van der Waals surface area contributed by atoms with E-state index in [0.717, 1.165) is 0 Å². The molecular formula is C12H19N3O5. The lowest BCUT2D eigenvalue weighted by Crippen LogP contribution is -2.52. The van der Waals surface area contributed by atoms with Gasteiger partial charge in [0.05, 0.1) is 5.41 Å². The number of nitrogens with one attached hydrogen (secondary N) is 3. The Morgan fingerprint density at radius 2 is 2.05 bits per heavy atom. The number of carbonyl (C=O) groups is 4. The van der Waals surface area contributed by atoms with Crippen LogP contribution in [-0.2, 0) is 14.4 Å². The summed E-state index contributed by atoms with van der Waals surface area (Å²) >= 11 is 0. The lowest BCUT2D eigenvalue weighted by molar-refractivity contribution is -0.149. The quantitative estimate of drug-likeness (QED) is 0.559. The first kappa shape index (κ1) is 15.9. The molecule has 4 N–H and O–H groups in total. The normalized spacial score (nSPS) is 18.9. The number of hydrogen-bond acceptors (Lipinski definition) is 4. The van der Waals surface area contributed by atoms with E-state index in [1.807, 2.05) is 0 Å². The van der Waals surface area contributed by atoms with E-state index in [-0.39, 0.29) is 18.4 Å². The molecule has 1 saturated heterocycles. The lowest BCUT2D eigenvalue weighted by Gasteiger charge is -2.23. The van der Waals surface area contributed by atoms with Gasteiger partial charge in [0.25, 0.3) is 0 Å². The van der Waals surface area contributed by atoms with Gasteiger partial charge < -0.3 is 15.7 Å². The average Bonchev–Trinajstić information content (AvgIpc) is 2.30. The molecule has 0 bridgehead atoms. The monoisotopic (exact) mass is 285 g/mol. The molecule has 112 valence electrons. The van der Waals surface area contributed by atoms with E-state index in [1.165, 1.54) is 13.8 Å². The van der Waals surface area contributed by atoms with Gasteiger partial charge in [0.15, 0.2) is 0 Å². The molecule has 4 amide bonds. The van der Waals surface area contributed by atoms with E-state index in [0.29, 0.717) is 19.4 Å². The van der Waals surface area contributed by atoms with E-state index in [4.69, 9.17) is 5.11 Å². The molecule has 0 spiro atoms. The highest BCUT2D eigenvalue weighted by Crippen LogP contribution is 2.19. The molecule has 1 unspecified atom stereocenters. The lowest BCUT2D eigenvalue weighted by atomic mass is 9.89. The van der Waals surface area contributed by atoms with Crippen molar-refractivity contribution in [2.24, 2.45) is 5.41 Å². The maximum atomic E-state index is 11.6. The van der Waals surface area contributed by atoms with Gasteiger partial charge in [-0.25, -0.2) is 4.79 Å². The largest absolute Gasteiger partial charge is 0.481 e. The summed E-state index contributed by atoms with van der Waals surface area (Å²) in [4.78, 5) is 44.9. The summed E-state index contributed by atoms with van der Waals surface area (Å²) in [7, 11) is 0. The van der Waals surface area contributed by atoms with Gasteiger partial charge >= 0.3 is 12.0 Å². The van der Waals surface area contributed by atoms with Crippen LogP contribution in [0.25, 0.3) is 0 Å². The molecule has 1 fully saturated rings. The van der Waals surface area contributed by atoms with Gasteiger partial charge in [0, 0.05) is 25.4 Å². The van der Waals surface area contributed by atoms with Crippen LogP contribution in [0, 0.1) is 5.41 Å². The van der Waals surface area contributed by atoms with Crippen LogP contribution >= 0.6 is 0 Å². The Balaban J connectivity index is 2.37. The van der Waals surface area contributed by atoms with Crippen molar-refractivity contribution in [3.05, 3.63) is 0 Å². The highest BCUT2D eigenvalue weighted by atomic mass is 16.4. The van der Waals surface area contributed by atoms with E-state index in [9.17, 15) is 19.2 Å². The molecular weight excluding hydrogens is 266 g/mol. The first-order valence-electron chi connectivity index (χ1n) is 6.31. The predicted octanol–water partition coefficient (Wildman–Crippen LogP) is -0.408. The highest BCUT2D eigenvalue weighted by molar-refractivity contribution is 5.96. The third kappa shape index (κ3) is 4.87. The molecule has 0 radical (unpaired) electrons. The van der Waals surface area contributed by atoms with E-state index < -0.39 is 23.3 Å². The van der Waals surface area contributed by atoms with Crippen molar-refractivity contribution in [1.29, 1.82) is 0 Å². The zero-order valence-electron chi connectivity index (χ0n) is 11.5. The van der Waals surface area contributed by atoms with E-state index >= 15 is 0 Å². The van der Waals surface area contributed by atoms with Crippen LogP contribution in [0.15, 0.2) is 0 Å². The number of amides is 4. The molecule has 8 heteroatoms. The van der Waals surface area contributed by atoms with Crippen LogP contribution in [-0.4, -0.2) is 41.5 Å². The second kappa shape index (κ2) is 6.36. The SMILES string of the molecule is CC(C)(CC(=O)NC(=O)NC1CCC(=O)NC1)C(=O)O. The molecule has 0 aromatic carbocycles. The van der Waals surface area contributed by atoms with Crippen molar-refractivity contribution in [2.75, 3.05) is 6.54 Å². The van der Waals surface area contributed by atoms with E-state index in [1.54, 1.807) is 0 Å². The van der Waals surface area contributed by atoms with Gasteiger partial charge in [-0.1, -0.05) is 0 Å². The fourth-order valence-electron chi connectivity index (χ4n) is 1.73. The van der Waals surface area contributed by atoms with Crippen LogP contribution < -0.4 is 16.0 Å². The number of imide groups is 1. The minimum Gasteiger partial charge on any atom is -0.481 e. The Hall–Kier alpha value is -2.12. The molecule has 0 aromatic rings. The summed E-state index contributed by atoms with van der Waals surface area (Å²) in [6.45, 7) is 3.13. The molecule has 1 aliphatic heterocycles. The fourth-order valence-corrected chi connectivity index (χ4v) is 1.73. The second-order valence-electron chi connectivity index (χ2n) is 5.43. The maximum absolute atomic E-state index is 11.6. The topological polar surface area (TPSA) is 125 Å². The standard InChI is InChI=1S/C12H19N3O5/c1-12(2,10(18)19)5-9(17)15-11(20)14-7-3-4-8(16)13-6-7/h7H,3-6H2,1-2H3,(H,13,16)(H,18,19)(H2,14,15,17,20). The Labute approximate surface area is 116 Å². The molecule has 1 heterocycles. The van der Waals surface area contributed by atoms with Crippen molar-refractivity contribution in [1.82, 2.24) is 16.0 Å². The van der Waals surface area contributed by atoms with Crippen LogP contribution in [0.5, 0.6) is 0 Å². The molecule has 1 aliphatic rings. The number of urea groups is 1. The number of hydrogen-bond donors (Lipinski definition) is 4. The molecule has 20 heavy (non-hydrogen) atoms. The molecule has 1 rings (SSSR count). The third-order valence-electron chi connectivity index (χ3n) is 3.04. The number of aliphatic carboxylic acids is 1. The van der Waals surface area contributed by atoms with Crippen molar-refractivity contribution in [3.63, 3.8) is 0 Å². The first-order valence-corrected chi connectivity index (χ1v) is 6.31. The van der Waals surface area contributed by atoms with Crippen molar-refractivity contribution in [2.45, 2.75) is 39.2 Å². The summed E-state index contributed by atoms with van der Waals surface area (Å²) in [5.74, 6) is -1.83. The fraction of sp³-hybridized carbons (Fsp3) is 0.667. The second-order valence-corrected chi connectivity index (χ2v) is 5.43. The zero-order chi connectivity index (χ0) is 15.3. The van der Waals surface area contributed by atoms with Crippen molar-refractivity contribution >= 4 is 23.8 Å². The average molecular weight is 285 g/mol. The van der Waals surface area contributed by atoms with Crippen LogP contribution in [0.4, 0.5) is 4.79 Å². The molecule has 1 atom stereocenters. The van der Waals surface area contributed by atoms with Crippen LogP contribution in [0.2, 0.25) is 0 Å². The molecule has 0 saturated carbocycles. The predicted molar refractivity (Wildman–Crippen MR) is 68.7 cm³/mol. The van der Waals surface area contributed by atoms with Gasteiger partial charge in [-0.05, 0) is 20.3 Å². The number of carboxylic acids is 1. The van der Waals surface area contributed by atoms with E-state index in [2.05, 4.69) is 16.0 Å². The van der Waals surface area contributed by atoms with Gasteiger partial charge in [-0.15, -0.1) is 0 Å². The van der Waals surface area contributed by atoms with Gasteiger partial charge in [0.1, 0.15) is 0 Å². The summed E-state index contributed by atoms with van der Waals surface area (Å²) in [5, 5.41) is 16.1. The van der Waals surface area contributed by atoms with Crippen molar-refractivity contribution in [3.8, 4) is 0 Å². The third-order valence-corrected chi connectivity index (χ3v) is 3.04. The summed E-state index contributed by atoms with van der Waals surface area (Å²) < 4.78 is 0. The van der Waals surface area contributed by atoms with Gasteiger partial charge in [-0.3, -0.25) is 19.7 Å². The summed E-state index contributed by atoms with van der Waals surface area (Å²) in [6.07, 6.45) is 0.538. The van der Waals surface area contributed by atoms with Crippen LogP contribution in [0.1, 0.15) is 33.1 Å². The zero-order valence-corrected chi connectivity index (χ0v) is 11.5. The molecule has 8 nitrogen and oxygen atoms in total. The number of carbonyl (C=O) groups excluding carboxylic acids is 3. The smallest absolute Gasteiger partial charge is 0.321 e.